The SMILES string of the molecule is CCc1ccccc1C(=O)Nc1c(N)cccc1Cl. The van der Waals surface area contributed by atoms with Gasteiger partial charge in [0.25, 0.3) is 5.91 Å². The third-order valence-corrected chi connectivity index (χ3v) is 3.24. The molecule has 0 aromatic heterocycles. The highest BCUT2D eigenvalue weighted by Crippen LogP contribution is 2.28. The molecule has 19 heavy (non-hydrogen) atoms. The van der Waals surface area contributed by atoms with Gasteiger partial charge in [0, 0.05) is 5.56 Å². The Hall–Kier alpha value is -2.00. The summed E-state index contributed by atoms with van der Waals surface area (Å²) >= 11 is 6.04. The summed E-state index contributed by atoms with van der Waals surface area (Å²) in [4.78, 5) is 12.3. The third-order valence-electron chi connectivity index (χ3n) is 2.93. The maximum Gasteiger partial charge on any atom is 0.256 e. The minimum Gasteiger partial charge on any atom is -0.397 e. The fourth-order valence-corrected chi connectivity index (χ4v) is 2.13. The number of nitrogens with two attached hydrogens (primary N) is 1. The van der Waals surface area contributed by atoms with Gasteiger partial charge in [0.15, 0.2) is 0 Å². The van der Waals surface area contributed by atoms with Crippen LogP contribution >= 0.6 is 11.6 Å². The number of halogens is 1. The lowest BCUT2D eigenvalue weighted by Crippen LogP contribution is -2.15. The Kier molecular flexibility index (Phi) is 4.07. The van der Waals surface area contributed by atoms with Gasteiger partial charge in [0.2, 0.25) is 0 Å². The Morgan fingerprint density at radius 3 is 2.63 bits per heavy atom. The fourth-order valence-electron chi connectivity index (χ4n) is 1.90. The Labute approximate surface area is 117 Å². The van der Waals surface area contributed by atoms with Gasteiger partial charge in [0.1, 0.15) is 0 Å². The van der Waals surface area contributed by atoms with E-state index < -0.39 is 0 Å². The van der Waals surface area contributed by atoms with Crippen LogP contribution in [0.4, 0.5) is 11.4 Å². The first-order valence-corrected chi connectivity index (χ1v) is 6.44. The second-order valence-corrected chi connectivity index (χ2v) is 4.58. The normalized spacial score (nSPS) is 10.2. The molecule has 0 bridgehead atoms. The standard InChI is InChI=1S/C15H15ClN2O/c1-2-10-6-3-4-7-11(10)15(19)18-14-12(16)8-5-9-13(14)17/h3-9H,2,17H2,1H3,(H,18,19). The Balaban J connectivity index is 2.31. The first-order chi connectivity index (χ1) is 9.13. The van der Waals surface area contributed by atoms with Crippen LogP contribution in [0, 0.1) is 0 Å². The lowest BCUT2D eigenvalue weighted by Gasteiger charge is -2.12. The summed E-state index contributed by atoms with van der Waals surface area (Å²) in [5.74, 6) is -0.197. The average Bonchev–Trinajstić information content (AvgIpc) is 2.42. The van der Waals surface area contributed by atoms with Crippen molar-refractivity contribution < 1.29 is 4.79 Å². The van der Waals surface area contributed by atoms with Crippen molar-refractivity contribution in [1.82, 2.24) is 0 Å². The summed E-state index contributed by atoms with van der Waals surface area (Å²) in [7, 11) is 0. The number of nitrogen functional groups attached to an aromatic ring is 1. The van der Waals surface area contributed by atoms with E-state index in [-0.39, 0.29) is 5.91 Å². The number of amides is 1. The smallest absolute Gasteiger partial charge is 0.256 e. The molecule has 0 atom stereocenters. The van der Waals surface area contributed by atoms with Crippen molar-refractivity contribution in [3.63, 3.8) is 0 Å². The van der Waals surface area contributed by atoms with Crippen molar-refractivity contribution in [2.24, 2.45) is 0 Å². The van der Waals surface area contributed by atoms with Crippen molar-refractivity contribution in [3.8, 4) is 0 Å². The number of carbonyl (C=O) groups is 1. The molecular weight excluding hydrogens is 260 g/mol. The molecule has 0 aliphatic rings. The molecule has 0 fully saturated rings. The van der Waals surface area contributed by atoms with E-state index in [9.17, 15) is 4.79 Å². The van der Waals surface area contributed by atoms with Crippen molar-refractivity contribution in [1.29, 1.82) is 0 Å². The minimum absolute atomic E-state index is 0.197. The van der Waals surface area contributed by atoms with E-state index in [0.29, 0.717) is 22.0 Å². The molecule has 4 heteroatoms. The summed E-state index contributed by atoms with van der Waals surface area (Å²) in [6, 6.07) is 12.6. The molecule has 1 amide bonds. The molecule has 2 rings (SSSR count). The molecule has 2 aromatic carbocycles. The molecule has 0 unspecified atom stereocenters. The lowest BCUT2D eigenvalue weighted by atomic mass is 10.0. The zero-order valence-electron chi connectivity index (χ0n) is 10.6. The van der Waals surface area contributed by atoms with Crippen LogP contribution in [0.2, 0.25) is 5.02 Å². The van der Waals surface area contributed by atoms with Crippen LogP contribution in [0.25, 0.3) is 0 Å². The predicted octanol–water partition coefficient (Wildman–Crippen LogP) is 3.74. The Morgan fingerprint density at radius 1 is 1.21 bits per heavy atom. The summed E-state index contributed by atoms with van der Waals surface area (Å²) in [5.41, 5.74) is 8.37. The summed E-state index contributed by atoms with van der Waals surface area (Å²) in [5, 5.41) is 3.21. The van der Waals surface area contributed by atoms with E-state index in [2.05, 4.69) is 5.32 Å². The van der Waals surface area contributed by atoms with E-state index in [4.69, 9.17) is 17.3 Å². The van der Waals surface area contributed by atoms with Gasteiger partial charge in [-0.05, 0) is 30.2 Å². The van der Waals surface area contributed by atoms with Crippen molar-refractivity contribution in [3.05, 3.63) is 58.6 Å². The molecule has 0 heterocycles. The van der Waals surface area contributed by atoms with Gasteiger partial charge < -0.3 is 11.1 Å². The maximum absolute atomic E-state index is 12.3. The number of rotatable bonds is 3. The van der Waals surface area contributed by atoms with Crippen LogP contribution < -0.4 is 11.1 Å². The largest absolute Gasteiger partial charge is 0.397 e. The van der Waals surface area contributed by atoms with Gasteiger partial charge in [-0.2, -0.15) is 0 Å². The van der Waals surface area contributed by atoms with Crippen LogP contribution in [0.5, 0.6) is 0 Å². The second kappa shape index (κ2) is 5.76. The number of nitrogens with one attached hydrogen (secondary N) is 1. The van der Waals surface area contributed by atoms with E-state index >= 15 is 0 Å². The number of anilines is 2. The second-order valence-electron chi connectivity index (χ2n) is 4.17. The van der Waals surface area contributed by atoms with Crippen LogP contribution in [-0.2, 0) is 6.42 Å². The highest BCUT2D eigenvalue weighted by molar-refractivity contribution is 6.34. The molecule has 0 radical (unpaired) electrons. The summed E-state index contributed by atoms with van der Waals surface area (Å²) in [6.07, 6.45) is 0.793. The van der Waals surface area contributed by atoms with Crippen LogP contribution in [0.3, 0.4) is 0 Å². The van der Waals surface area contributed by atoms with E-state index in [0.717, 1.165) is 12.0 Å². The summed E-state index contributed by atoms with van der Waals surface area (Å²) < 4.78 is 0. The van der Waals surface area contributed by atoms with E-state index in [1.54, 1.807) is 24.3 Å². The molecule has 0 aliphatic carbocycles. The van der Waals surface area contributed by atoms with Crippen LogP contribution in [0.1, 0.15) is 22.8 Å². The van der Waals surface area contributed by atoms with Gasteiger partial charge in [0.05, 0.1) is 16.4 Å². The topological polar surface area (TPSA) is 55.1 Å². The fraction of sp³-hybridized carbons (Fsp3) is 0.133. The molecule has 98 valence electrons. The Morgan fingerprint density at radius 2 is 1.95 bits per heavy atom. The predicted molar refractivity (Wildman–Crippen MR) is 79.6 cm³/mol. The van der Waals surface area contributed by atoms with Gasteiger partial charge >= 0.3 is 0 Å². The molecule has 3 N–H and O–H groups in total. The lowest BCUT2D eigenvalue weighted by molar-refractivity contribution is 0.102. The van der Waals surface area contributed by atoms with Crippen LogP contribution in [-0.4, -0.2) is 5.91 Å². The first-order valence-electron chi connectivity index (χ1n) is 6.06. The highest BCUT2D eigenvalue weighted by atomic mass is 35.5. The quantitative estimate of drug-likeness (QED) is 0.838. The molecular formula is C15H15ClN2O. The highest BCUT2D eigenvalue weighted by Gasteiger charge is 2.13. The van der Waals surface area contributed by atoms with Gasteiger partial charge in [-0.15, -0.1) is 0 Å². The zero-order valence-corrected chi connectivity index (χ0v) is 11.4. The minimum atomic E-state index is -0.197. The van der Waals surface area contributed by atoms with Crippen molar-refractivity contribution >= 4 is 28.9 Å². The monoisotopic (exact) mass is 274 g/mol. The van der Waals surface area contributed by atoms with Crippen molar-refractivity contribution in [2.45, 2.75) is 13.3 Å². The molecule has 2 aromatic rings. The molecule has 3 nitrogen and oxygen atoms in total. The number of hydrogen-bond donors (Lipinski definition) is 2. The van der Waals surface area contributed by atoms with Gasteiger partial charge in [-0.1, -0.05) is 42.8 Å². The third kappa shape index (κ3) is 2.88. The van der Waals surface area contributed by atoms with Gasteiger partial charge in [-0.25, -0.2) is 0 Å². The number of hydrogen-bond acceptors (Lipinski definition) is 2. The number of benzene rings is 2. The molecule has 0 saturated heterocycles. The van der Waals surface area contributed by atoms with Gasteiger partial charge in [-0.3, -0.25) is 4.79 Å². The van der Waals surface area contributed by atoms with Crippen LogP contribution in [0.15, 0.2) is 42.5 Å². The molecule has 0 saturated carbocycles. The summed E-state index contributed by atoms with van der Waals surface area (Å²) in [6.45, 7) is 2.01. The molecule has 0 aliphatic heterocycles. The van der Waals surface area contributed by atoms with E-state index in [1.165, 1.54) is 0 Å². The molecule has 0 spiro atoms. The first kappa shape index (κ1) is 13.4. The zero-order chi connectivity index (χ0) is 13.8. The maximum atomic E-state index is 12.3. The Bertz CT molecular complexity index is 591. The number of para-hydroxylation sites is 1. The van der Waals surface area contributed by atoms with E-state index in [1.807, 2.05) is 25.1 Å². The average molecular weight is 275 g/mol. The number of aryl methyl sites for hydroxylation is 1. The van der Waals surface area contributed by atoms with Crippen molar-refractivity contribution in [2.75, 3.05) is 11.1 Å². The number of carbonyl (C=O) groups excluding carboxylic acids is 1.